The Labute approximate surface area is 96.4 Å². The maximum Gasteiger partial charge on any atom is 0.408 e. The van der Waals surface area contributed by atoms with Gasteiger partial charge in [0.25, 0.3) is 0 Å². The Morgan fingerprint density at radius 3 is 2.59 bits per heavy atom. The van der Waals surface area contributed by atoms with Crippen LogP contribution in [0, 0.1) is 5.92 Å². The Balaban J connectivity index is 2.48. The molecule has 17 heavy (non-hydrogen) atoms. The van der Waals surface area contributed by atoms with E-state index in [4.69, 9.17) is 5.11 Å². The first-order chi connectivity index (χ1) is 7.85. The molecule has 96 valence electrons. The van der Waals surface area contributed by atoms with Gasteiger partial charge >= 0.3 is 12.1 Å². The van der Waals surface area contributed by atoms with E-state index in [2.05, 4.69) is 11.3 Å². The number of carboxylic acids is 1. The molecule has 1 fully saturated rings. The van der Waals surface area contributed by atoms with Gasteiger partial charge in [0.2, 0.25) is 5.92 Å². The number of rotatable bonds is 5. The van der Waals surface area contributed by atoms with Crippen LogP contribution in [-0.4, -0.2) is 35.7 Å². The molecule has 1 amide bonds. The molecule has 1 saturated carbocycles. The van der Waals surface area contributed by atoms with Gasteiger partial charge < -0.3 is 15.2 Å². The molecule has 1 atom stereocenters. The van der Waals surface area contributed by atoms with Crippen molar-refractivity contribution in [2.75, 3.05) is 6.61 Å². The zero-order valence-electron chi connectivity index (χ0n) is 8.99. The summed E-state index contributed by atoms with van der Waals surface area (Å²) < 4.78 is 29.7. The number of hydrogen-bond donors (Lipinski definition) is 2. The van der Waals surface area contributed by atoms with Gasteiger partial charge in [0.15, 0.2) is 0 Å². The fourth-order valence-corrected chi connectivity index (χ4v) is 1.63. The molecule has 0 aliphatic heterocycles. The largest absolute Gasteiger partial charge is 0.480 e. The van der Waals surface area contributed by atoms with Crippen molar-refractivity contribution >= 4 is 12.1 Å². The van der Waals surface area contributed by atoms with Crippen LogP contribution in [0.5, 0.6) is 0 Å². The van der Waals surface area contributed by atoms with Crippen LogP contribution in [-0.2, 0) is 9.53 Å². The summed E-state index contributed by atoms with van der Waals surface area (Å²) in [5.41, 5.74) is 0. The van der Waals surface area contributed by atoms with Crippen LogP contribution in [0.3, 0.4) is 0 Å². The van der Waals surface area contributed by atoms with Gasteiger partial charge in [0, 0.05) is 18.8 Å². The second kappa shape index (κ2) is 5.11. The number of alkyl halides is 2. The van der Waals surface area contributed by atoms with Gasteiger partial charge in [-0.2, -0.15) is 0 Å². The second-order valence-electron chi connectivity index (χ2n) is 3.87. The van der Waals surface area contributed by atoms with E-state index >= 15 is 0 Å². The Morgan fingerprint density at radius 1 is 1.59 bits per heavy atom. The van der Waals surface area contributed by atoms with Gasteiger partial charge in [0.1, 0.15) is 12.6 Å². The van der Waals surface area contributed by atoms with Crippen molar-refractivity contribution in [3.05, 3.63) is 12.7 Å². The van der Waals surface area contributed by atoms with Crippen molar-refractivity contribution in [3.63, 3.8) is 0 Å². The molecular formula is C10H13F2NO4. The number of hydrogen-bond acceptors (Lipinski definition) is 3. The van der Waals surface area contributed by atoms with Gasteiger partial charge in [-0.05, 0) is 0 Å². The number of carbonyl (C=O) groups is 2. The molecule has 1 rings (SSSR count). The molecule has 2 N–H and O–H groups in total. The third-order valence-corrected chi connectivity index (χ3v) is 2.46. The van der Waals surface area contributed by atoms with Crippen LogP contribution in [0.4, 0.5) is 13.6 Å². The summed E-state index contributed by atoms with van der Waals surface area (Å²) in [6, 6.07) is -1.34. The number of aliphatic carboxylic acids is 1. The average Bonchev–Trinajstić information content (AvgIpc) is 2.19. The molecule has 5 nitrogen and oxygen atoms in total. The number of nitrogens with one attached hydrogen (secondary N) is 1. The molecule has 1 aliphatic rings. The number of carboxylic acid groups (broad SMARTS) is 1. The lowest BCUT2D eigenvalue weighted by Crippen LogP contribution is -2.53. The molecule has 0 saturated heterocycles. The van der Waals surface area contributed by atoms with E-state index in [0.29, 0.717) is 0 Å². The minimum Gasteiger partial charge on any atom is -0.480 e. The SMILES string of the molecule is C=CCOC(=O)NC(C(=O)O)C1CC(F)(F)C1. The highest BCUT2D eigenvalue weighted by atomic mass is 19.3. The maximum atomic E-state index is 12.6. The molecule has 0 spiro atoms. The van der Waals surface area contributed by atoms with Gasteiger partial charge in [-0.1, -0.05) is 12.7 Å². The fourth-order valence-electron chi connectivity index (χ4n) is 1.63. The number of ether oxygens (including phenoxy) is 1. The average molecular weight is 249 g/mol. The summed E-state index contributed by atoms with van der Waals surface area (Å²) in [6.07, 6.45) is -0.711. The standard InChI is InChI=1S/C10H13F2NO4/c1-2-3-17-9(16)13-7(8(14)15)6-4-10(11,12)5-6/h2,6-7H,1,3-5H2,(H,13,16)(H,14,15). The maximum absolute atomic E-state index is 12.6. The highest BCUT2D eigenvalue weighted by Crippen LogP contribution is 2.44. The molecule has 1 aliphatic carbocycles. The molecule has 1 unspecified atom stereocenters. The van der Waals surface area contributed by atoms with Crippen molar-refractivity contribution in [1.82, 2.24) is 5.32 Å². The van der Waals surface area contributed by atoms with Crippen molar-refractivity contribution in [1.29, 1.82) is 0 Å². The van der Waals surface area contributed by atoms with E-state index in [0.717, 1.165) is 0 Å². The topological polar surface area (TPSA) is 75.6 Å². The monoisotopic (exact) mass is 249 g/mol. The van der Waals surface area contributed by atoms with Crippen LogP contribution < -0.4 is 5.32 Å². The predicted molar refractivity (Wildman–Crippen MR) is 53.8 cm³/mol. The van der Waals surface area contributed by atoms with E-state index in [1.165, 1.54) is 6.08 Å². The smallest absolute Gasteiger partial charge is 0.408 e. The van der Waals surface area contributed by atoms with E-state index in [-0.39, 0.29) is 6.61 Å². The third-order valence-electron chi connectivity index (χ3n) is 2.46. The van der Waals surface area contributed by atoms with Crippen LogP contribution in [0.15, 0.2) is 12.7 Å². The molecule has 0 aromatic carbocycles. The molecule has 0 radical (unpaired) electrons. The minimum absolute atomic E-state index is 0.0704. The summed E-state index contributed by atoms with van der Waals surface area (Å²) in [5, 5.41) is 10.9. The number of alkyl carbamates (subject to hydrolysis) is 1. The normalized spacial score (nSPS) is 19.9. The first-order valence-electron chi connectivity index (χ1n) is 5.00. The van der Waals surface area contributed by atoms with Gasteiger partial charge in [-0.15, -0.1) is 0 Å². The van der Waals surface area contributed by atoms with Crippen molar-refractivity contribution < 1.29 is 28.2 Å². The molecule has 0 heterocycles. The summed E-state index contributed by atoms with van der Waals surface area (Å²) in [7, 11) is 0. The van der Waals surface area contributed by atoms with Gasteiger partial charge in [0.05, 0.1) is 0 Å². The molecule has 0 aromatic rings. The Hall–Kier alpha value is -1.66. The quantitative estimate of drug-likeness (QED) is 0.722. The Kier molecular flexibility index (Phi) is 4.03. The summed E-state index contributed by atoms with van der Waals surface area (Å²) in [5.74, 6) is -4.94. The van der Waals surface area contributed by atoms with Crippen LogP contribution in [0.1, 0.15) is 12.8 Å². The van der Waals surface area contributed by atoms with Crippen LogP contribution in [0.2, 0.25) is 0 Å². The van der Waals surface area contributed by atoms with Crippen LogP contribution in [0.25, 0.3) is 0 Å². The summed E-state index contributed by atoms with van der Waals surface area (Å²) in [6.45, 7) is 3.24. The number of carbonyl (C=O) groups excluding carboxylic acids is 1. The van der Waals surface area contributed by atoms with Crippen LogP contribution >= 0.6 is 0 Å². The highest BCUT2D eigenvalue weighted by molar-refractivity contribution is 5.80. The lowest BCUT2D eigenvalue weighted by Gasteiger charge is -2.38. The van der Waals surface area contributed by atoms with Gasteiger partial charge in [-0.3, -0.25) is 0 Å². The van der Waals surface area contributed by atoms with Crippen molar-refractivity contribution in [3.8, 4) is 0 Å². The number of amides is 1. The van der Waals surface area contributed by atoms with E-state index in [1.54, 1.807) is 0 Å². The van der Waals surface area contributed by atoms with E-state index in [9.17, 15) is 18.4 Å². The van der Waals surface area contributed by atoms with Gasteiger partial charge in [-0.25, -0.2) is 18.4 Å². The first-order valence-corrected chi connectivity index (χ1v) is 5.00. The Morgan fingerprint density at radius 2 is 2.18 bits per heavy atom. The van der Waals surface area contributed by atoms with Crippen molar-refractivity contribution in [2.45, 2.75) is 24.8 Å². The molecule has 7 heteroatoms. The fraction of sp³-hybridized carbons (Fsp3) is 0.600. The number of halogens is 2. The lowest BCUT2D eigenvalue weighted by molar-refractivity contribution is -0.152. The molecule has 0 bridgehead atoms. The zero-order chi connectivity index (χ0) is 13.1. The molecular weight excluding hydrogens is 236 g/mol. The zero-order valence-corrected chi connectivity index (χ0v) is 8.99. The second-order valence-corrected chi connectivity index (χ2v) is 3.87. The summed E-state index contributed by atoms with van der Waals surface area (Å²) in [4.78, 5) is 21.9. The summed E-state index contributed by atoms with van der Waals surface area (Å²) >= 11 is 0. The molecule has 0 aromatic heterocycles. The van der Waals surface area contributed by atoms with E-state index in [1.807, 2.05) is 5.32 Å². The van der Waals surface area contributed by atoms with E-state index < -0.39 is 42.8 Å². The third kappa shape index (κ3) is 3.69. The minimum atomic E-state index is -2.83. The highest BCUT2D eigenvalue weighted by Gasteiger charge is 2.51. The predicted octanol–water partition coefficient (Wildman–Crippen LogP) is 1.40. The lowest BCUT2D eigenvalue weighted by atomic mass is 9.76. The van der Waals surface area contributed by atoms with Crippen molar-refractivity contribution in [2.24, 2.45) is 5.92 Å². The Bertz CT molecular complexity index is 324. The first kappa shape index (κ1) is 13.4.